The van der Waals surface area contributed by atoms with E-state index in [1.807, 2.05) is 6.20 Å². The Kier molecular flexibility index (Phi) is 5.65. The lowest BCUT2D eigenvalue weighted by atomic mass is 9.88. The maximum atomic E-state index is 9.28. The number of H-pyrrole nitrogens is 1. The van der Waals surface area contributed by atoms with Crippen LogP contribution in [0.2, 0.25) is 0 Å². The van der Waals surface area contributed by atoms with E-state index in [2.05, 4.69) is 36.3 Å². The van der Waals surface area contributed by atoms with E-state index in [0.717, 1.165) is 32.4 Å². The van der Waals surface area contributed by atoms with E-state index >= 15 is 0 Å². The second-order valence-electron chi connectivity index (χ2n) is 5.12. The molecule has 0 amide bonds. The summed E-state index contributed by atoms with van der Waals surface area (Å²) in [6.07, 6.45) is 5.06. The molecule has 0 radical (unpaired) electrons. The molecule has 3 N–H and O–H groups in total. The lowest BCUT2D eigenvalue weighted by Gasteiger charge is -2.25. The Morgan fingerprint density at radius 2 is 2.29 bits per heavy atom. The fourth-order valence-corrected chi connectivity index (χ4v) is 1.71. The van der Waals surface area contributed by atoms with E-state index in [0.29, 0.717) is 0 Å². The quantitative estimate of drug-likeness (QED) is 0.604. The maximum absolute atomic E-state index is 9.28. The maximum Gasteiger partial charge on any atom is 0.0522 e. The molecule has 17 heavy (non-hydrogen) atoms. The van der Waals surface area contributed by atoms with Crippen LogP contribution in [-0.4, -0.2) is 35.0 Å². The zero-order chi connectivity index (χ0) is 12.7. The van der Waals surface area contributed by atoms with Crippen LogP contribution in [0.15, 0.2) is 6.20 Å². The summed E-state index contributed by atoms with van der Waals surface area (Å²) in [6, 6.07) is 0. The Labute approximate surface area is 104 Å². The zero-order valence-corrected chi connectivity index (χ0v) is 11.2. The Bertz CT molecular complexity index is 318. The molecule has 1 aromatic heterocycles. The third-order valence-corrected chi connectivity index (χ3v) is 3.52. The highest BCUT2D eigenvalue weighted by Crippen LogP contribution is 2.18. The largest absolute Gasteiger partial charge is 0.396 e. The average Bonchev–Trinajstić information content (AvgIpc) is 2.74. The van der Waals surface area contributed by atoms with E-state index in [1.165, 1.54) is 11.3 Å². The minimum atomic E-state index is 0.0194. The van der Waals surface area contributed by atoms with Gasteiger partial charge in [-0.05, 0) is 38.3 Å². The van der Waals surface area contributed by atoms with Crippen molar-refractivity contribution in [3.8, 4) is 0 Å². The summed E-state index contributed by atoms with van der Waals surface area (Å²) in [5, 5.41) is 19.7. The number of aryl methyl sites for hydroxylation is 2. The van der Waals surface area contributed by atoms with Crippen LogP contribution in [-0.2, 0) is 6.42 Å². The molecule has 0 aliphatic heterocycles. The van der Waals surface area contributed by atoms with Gasteiger partial charge in [-0.25, -0.2) is 0 Å². The fraction of sp³-hybridized carbons (Fsp3) is 0.769. The van der Waals surface area contributed by atoms with Crippen LogP contribution in [0, 0.1) is 12.3 Å². The second kappa shape index (κ2) is 6.77. The minimum absolute atomic E-state index is 0.0194. The van der Waals surface area contributed by atoms with Crippen LogP contribution in [0.1, 0.15) is 37.9 Å². The third kappa shape index (κ3) is 4.48. The monoisotopic (exact) mass is 239 g/mol. The molecule has 0 saturated heterocycles. The van der Waals surface area contributed by atoms with Gasteiger partial charge in [0.15, 0.2) is 0 Å². The summed E-state index contributed by atoms with van der Waals surface area (Å²) in [7, 11) is 0. The molecule has 1 unspecified atom stereocenters. The summed E-state index contributed by atoms with van der Waals surface area (Å²) in [4.78, 5) is 0. The van der Waals surface area contributed by atoms with E-state index in [9.17, 15) is 5.11 Å². The van der Waals surface area contributed by atoms with Gasteiger partial charge in [0, 0.05) is 24.3 Å². The topological polar surface area (TPSA) is 60.9 Å². The lowest BCUT2D eigenvalue weighted by molar-refractivity contribution is 0.135. The average molecular weight is 239 g/mol. The molecule has 0 aliphatic rings. The fourth-order valence-electron chi connectivity index (χ4n) is 1.71. The molecule has 0 saturated carbocycles. The first-order valence-electron chi connectivity index (χ1n) is 6.42. The van der Waals surface area contributed by atoms with Crippen molar-refractivity contribution in [1.82, 2.24) is 15.5 Å². The van der Waals surface area contributed by atoms with Crippen molar-refractivity contribution in [2.75, 3.05) is 19.7 Å². The Hall–Kier alpha value is -0.870. The van der Waals surface area contributed by atoms with Crippen molar-refractivity contribution in [3.05, 3.63) is 17.5 Å². The molecule has 1 heterocycles. The number of nitrogens with zero attached hydrogens (tertiary/aromatic N) is 1. The van der Waals surface area contributed by atoms with Gasteiger partial charge in [-0.2, -0.15) is 5.10 Å². The molecule has 4 heteroatoms. The predicted octanol–water partition coefficient (Wildman–Crippen LogP) is 1.65. The molecule has 0 fully saturated rings. The standard InChI is InChI=1S/C13H25N3O/c1-4-13(3,10-17)9-14-7-5-6-12-8-15-16-11(12)2/h8,14,17H,4-7,9-10H2,1-3H3,(H,15,16). The first-order chi connectivity index (χ1) is 8.11. The van der Waals surface area contributed by atoms with Crippen LogP contribution in [0.25, 0.3) is 0 Å². The first-order valence-corrected chi connectivity index (χ1v) is 6.42. The number of hydrogen-bond acceptors (Lipinski definition) is 3. The molecule has 1 aromatic rings. The summed E-state index contributed by atoms with van der Waals surface area (Å²) in [5.41, 5.74) is 2.48. The lowest BCUT2D eigenvalue weighted by Crippen LogP contribution is -2.34. The summed E-state index contributed by atoms with van der Waals surface area (Å²) >= 11 is 0. The van der Waals surface area contributed by atoms with Gasteiger partial charge in [-0.1, -0.05) is 13.8 Å². The van der Waals surface area contributed by atoms with Gasteiger partial charge in [0.2, 0.25) is 0 Å². The Balaban J connectivity index is 2.15. The zero-order valence-electron chi connectivity index (χ0n) is 11.2. The van der Waals surface area contributed by atoms with Crippen molar-refractivity contribution in [2.24, 2.45) is 5.41 Å². The van der Waals surface area contributed by atoms with Crippen molar-refractivity contribution in [3.63, 3.8) is 0 Å². The Morgan fingerprint density at radius 1 is 1.53 bits per heavy atom. The van der Waals surface area contributed by atoms with Crippen molar-refractivity contribution >= 4 is 0 Å². The number of aromatic amines is 1. The van der Waals surface area contributed by atoms with Crippen LogP contribution in [0.5, 0.6) is 0 Å². The van der Waals surface area contributed by atoms with Crippen molar-refractivity contribution in [1.29, 1.82) is 0 Å². The third-order valence-electron chi connectivity index (χ3n) is 3.52. The molecule has 0 bridgehead atoms. The predicted molar refractivity (Wildman–Crippen MR) is 70.0 cm³/mol. The SMILES string of the molecule is CCC(C)(CO)CNCCCc1cn[nH]c1C. The normalized spacial score (nSPS) is 14.8. The highest BCUT2D eigenvalue weighted by molar-refractivity contribution is 5.14. The minimum Gasteiger partial charge on any atom is -0.396 e. The van der Waals surface area contributed by atoms with Gasteiger partial charge in [0.1, 0.15) is 0 Å². The van der Waals surface area contributed by atoms with Gasteiger partial charge in [-0.15, -0.1) is 0 Å². The smallest absolute Gasteiger partial charge is 0.0522 e. The number of hydrogen-bond donors (Lipinski definition) is 3. The van der Waals surface area contributed by atoms with Crippen molar-refractivity contribution in [2.45, 2.75) is 40.0 Å². The van der Waals surface area contributed by atoms with Crippen LogP contribution in [0.3, 0.4) is 0 Å². The van der Waals surface area contributed by atoms with E-state index in [1.54, 1.807) is 0 Å². The number of aliphatic hydroxyl groups excluding tert-OH is 1. The van der Waals surface area contributed by atoms with E-state index < -0.39 is 0 Å². The van der Waals surface area contributed by atoms with Crippen LogP contribution in [0.4, 0.5) is 0 Å². The van der Waals surface area contributed by atoms with Crippen molar-refractivity contribution < 1.29 is 5.11 Å². The van der Waals surface area contributed by atoms with Gasteiger partial charge in [0.25, 0.3) is 0 Å². The Morgan fingerprint density at radius 3 is 2.82 bits per heavy atom. The van der Waals surface area contributed by atoms with Gasteiger partial charge < -0.3 is 10.4 Å². The molecule has 1 rings (SSSR count). The molecular weight excluding hydrogens is 214 g/mol. The number of aromatic nitrogens is 2. The van der Waals surface area contributed by atoms with Crippen LogP contribution >= 0.6 is 0 Å². The van der Waals surface area contributed by atoms with E-state index in [4.69, 9.17) is 0 Å². The summed E-state index contributed by atoms with van der Waals surface area (Å²) in [5.74, 6) is 0. The molecule has 0 aliphatic carbocycles. The second-order valence-corrected chi connectivity index (χ2v) is 5.12. The van der Waals surface area contributed by atoms with Gasteiger partial charge >= 0.3 is 0 Å². The molecular formula is C13H25N3O. The highest BCUT2D eigenvalue weighted by Gasteiger charge is 2.19. The van der Waals surface area contributed by atoms with E-state index in [-0.39, 0.29) is 12.0 Å². The van der Waals surface area contributed by atoms with Gasteiger partial charge in [0.05, 0.1) is 6.20 Å². The molecule has 98 valence electrons. The van der Waals surface area contributed by atoms with Crippen LogP contribution < -0.4 is 5.32 Å². The summed E-state index contributed by atoms with van der Waals surface area (Å²) < 4.78 is 0. The number of nitrogens with one attached hydrogen (secondary N) is 2. The molecule has 0 aromatic carbocycles. The number of aliphatic hydroxyl groups is 1. The highest BCUT2D eigenvalue weighted by atomic mass is 16.3. The van der Waals surface area contributed by atoms with Gasteiger partial charge in [-0.3, -0.25) is 5.10 Å². The number of rotatable bonds is 8. The molecule has 0 spiro atoms. The molecule has 1 atom stereocenters. The summed E-state index contributed by atoms with van der Waals surface area (Å²) in [6.45, 7) is 8.39. The first kappa shape index (κ1) is 14.2. The molecule has 4 nitrogen and oxygen atoms in total.